The summed E-state index contributed by atoms with van der Waals surface area (Å²) in [4.78, 5) is 4.25. The third-order valence-corrected chi connectivity index (χ3v) is 3.73. The number of nitrogens with zero attached hydrogens (tertiary/aromatic N) is 1. The standard InChI is InChI=1S/C20H27N3O2/c1-16(25-19-12-8-7-11-18(19)24-3)15-23-20(21-2)22-14-13-17-9-5-4-6-10-17/h4-12,16H,13-15H2,1-3H3,(H2,21,22,23). The number of nitrogens with one attached hydrogen (secondary N) is 2. The van der Waals surface area contributed by atoms with Gasteiger partial charge in [-0.05, 0) is 31.0 Å². The van der Waals surface area contributed by atoms with E-state index < -0.39 is 0 Å². The number of rotatable bonds is 8. The molecule has 5 heteroatoms. The molecule has 5 nitrogen and oxygen atoms in total. The van der Waals surface area contributed by atoms with Crippen LogP contribution in [0, 0.1) is 0 Å². The van der Waals surface area contributed by atoms with Crippen molar-refractivity contribution < 1.29 is 9.47 Å². The number of hydrogen-bond acceptors (Lipinski definition) is 3. The van der Waals surface area contributed by atoms with Crippen LogP contribution in [0.4, 0.5) is 0 Å². The van der Waals surface area contributed by atoms with E-state index in [9.17, 15) is 0 Å². The lowest BCUT2D eigenvalue weighted by Gasteiger charge is -2.19. The summed E-state index contributed by atoms with van der Waals surface area (Å²) in [6.45, 7) is 3.48. The summed E-state index contributed by atoms with van der Waals surface area (Å²) in [5.41, 5.74) is 1.30. The van der Waals surface area contributed by atoms with Gasteiger partial charge in [0.1, 0.15) is 6.10 Å². The van der Waals surface area contributed by atoms with Gasteiger partial charge in [0.25, 0.3) is 0 Å². The summed E-state index contributed by atoms with van der Waals surface area (Å²) in [5, 5.41) is 6.60. The van der Waals surface area contributed by atoms with Crippen LogP contribution in [0.25, 0.3) is 0 Å². The maximum atomic E-state index is 5.93. The molecule has 0 aliphatic heterocycles. The largest absolute Gasteiger partial charge is 0.493 e. The van der Waals surface area contributed by atoms with Gasteiger partial charge in [-0.2, -0.15) is 0 Å². The first-order chi connectivity index (χ1) is 12.2. The maximum Gasteiger partial charge on any atom is 0.191 e. The predicted octanol–water partition coefficient (Wildman–Crippen LogP) is 2.87. The second kappa shape index (κ2) is 10.2. The van der Waals surface area contributed by atoms with Gasteiger partial charge >= 0.3 is 0 Å². The molecule has 0 saturated heterocycles. The van der Waals surface area contributed by atoms with Crippen LogP contribution in [0.2, 0.25) is 0 Å². The summed E-state index contributed by atoms with van der Waals surface area (Å²) in [6, 6.07) is 18.0. The summed E-state index contributed by atoms with van der Waals surface area (Å²) in [5.74, 6) is 2.25. The average Bonchev–Trinajstić information content (AvgIpc) is 2.65. The van der Waals surface area contributed by atoms with E-state index in [1.54, 1.807) is 14.2 Å². The molecule has 0 fully saturated rings. The zero-order chi connectivity index (χ0) is 17.9. The molecule has 0 spiro atoms. The Hall–Kier alpha value is -2.69. The van der Waals surface area contributed by atoms with E-state index in [-0.39, 0.29) is 6.10 Å². The molecular weight excluding hydrogens is 314 g/mol. The molecule has 25 heavy (non-hydrogen) atoms. The van der Waals surface area contributed by atoms with E-state index in [4.69, 9.17) is 9.47 Å². The van der Waals surface area contributed by atoms with Crippen LogP contribution in [0.5, 0.6) is 11.5 Å². The Morgan fingerprint density at radius 1 is 1.00 bits per heavy atom. The van der Waals surface area contributed by atoms with Crippen molar-refractivity contribution in [2.24, 2.45) is 4.99 Å². The zero-order valence-corrected chi connectivity index (χ0v) is 15.2. The van der Waals surface area contributed by atoms with Crippen molar-refractivity contribution in [2.75, 3.05) is 27.2 Å². The van der Waals surface area contributed by atoms with Gasteiger partial charge < -0.3 is 20.1 Å². The molecule has 0 amide bonds. The molecule has 2 N–H and O–H groups in total. The minimum absolute atomic E-state index is 0.0241. The molecule has 0 aliphatic rings. The highest BCUT2D eigenvalue weighted by atomic mass is 16.5. The van der Waals surface area contributed by atoms with Crippen molar-refractivity contribution in [1.82, 2.24) is 10.6 Å². The van der Waals surface area contributed by atoms with E-state index in [2.05, 4.69) is 39.9 Å². The van der Waals surface area contributed by atoms with Crippen LogP contribution in [0.3, 0.4) is 0 Å². The number of aliphatic imine (C=N–C) groups is 1. The highest BCUT2D eigenvalue weighted by Crippen LogP contribution is 2.26. The number of methoxy groups -OCH3 is 1. The van der Waals surface area contributed by atoms with Crippen LogP contribution in [-0.4, -0.2) is 39.3 Å². The molecule has 0 radical (unpaired) electrons. The quantitative estimate of drug-likeness (QED) is 0.573. The Kier molecular flexibility index (Phi) is 7.63. The molecule has 0 bridgehead atoms. The van der Waals surface area contributed by atoms with Gasteiger partial charge in [-0.25, -0.2) is 0 Å². The molecule has 0 heterocycles. The Balaban J connectivity index is 1.74. The number of hydrogen-bond donors (Lipinski definition) is 2. The van der Waals surface area contributed by atoms with Crippen LogP contribution >= 0.6 is 0 Å². The van der Waals surface area contributed by atoms with Crippen molar-refractivity contribution in [3.05, 3.63) is 60.2 Å². The van der Waals surface area contributed by atoms with Crippen LogP contribution in [0.15, 0.2) is 59.6 Å². The summed E-state index contributed by atoms with van der Waals surface area (Å²) >= 11 is 0. The van der Waals surface area contributed by atoms with Gasteiger partial charge in [-0.1, -0.05) is 42.5 Å². The smallest absolute Gasteiger partial charge is 0.191 e. The fourth-order valence-corrected chi connectivity index (χ4v) is 2.41. The van der Waals surface area contributed by atoms with Crippen LogP contribution in [-0.2, 0) is 6.42 Å². The van der Waals surface area contributed by atoms with E-state index >= 15 is 0 Å². The lowest BCUT2D eigenvalue weighted by Crippen LogP contribution is -2.42. The summed E-state index contributed by atoms with van der Waals surface area (Å²) < 4.78 is 11.2. The van der Waals surface area contributed by atoms with Gasteiger partial charge in [0.05, 0.1) is 13.7 Å². The van der Waals surface area contributed by atoms with Crippen molar-refractivity contribution >= 4 is 5.96 Å². The van der Waals surface area contributed by atoms with E-state index in [0.717, 1.165) is 30.4 Å². The van der Waals surface area contributed by atoms with Gasteiger partial charge in [-0.15, -0.1) is 0 Å². The second-order valence-corrected chi connectivity index (χ2v) is 5.69. The van der Waals surface area contributed by atoms with Crippen molar-refractivity contribution in [3.63, 3.8) is 0 Å². The third kappa shape index (κ3) is 6.37. The predicted molar refractivity (Wildman–Crippen MR) is 103 cm³/mol. The Labute approximate surface area is 150 Å². The van der Waals surface area contributed by atoms with Crippen molar-refractivity contribution in [1.29, 1.82) is 0 Å². The Morgan fingerprint density at radius 3 is 2.36 bits per heavy atom. The lowest BCUT2D eigenvalue weighted by molar-refractivity contribution is 0.213. The molecule has 2 aromatic rings. The van der Waals surface area contributed by atoms with Gasteiger partial charge in [-0.3, -0.25) is 4.99 Å². The lowest BCUT2D eigenvalue weighted by atomic mass is 10.1. The van der Waals surface area contributed by atoms with E-state index in [1.807, 2.05) is 37.3 Å². The summed E-state index contributed by atoms with van der Waals surface area (Å²) in [6.07, 6.45) is 0.929. The Bertz CT molecular complexity index is 659. The molecule has 134 valence electrons. The molecule has 0 aromatic heterocycles. The van der Waals surface area contributed by atoms with Crippen molar-refractivity contribution in [2.45, 2.75) is 19.4 Å². The summed E-state index contributed by atoms with van der Waals surface area (Å²) in [7, 11) is 3.41. The molecule has 1 atom stereocenters. The normalized spacial score (nSPS) is 12.4. The molecule has 0 aliphatic carbocycles. The van der Waals surface area contributed by atoms with E-state index in [0.29, 0.717) is 6.54 Å². The number of benzene rings is 2. The fraction of sp³-hybridized carbons (Fsp3) is 0.350. The minimum Gasteiger partial charge on any atom is -0.493 e. The second-order valence-electron chi connectivity index (χ2n) is 5.69. The Morgan fingerprint density at radius 2 is 1.68 bits per heavy atom. The number of ether oxygens (including phenoxy) is 2. The SMILES string of the molecule is CN=C(NCCc1ccccc1)NCC(C)Oc1ccccc1OC. The molecule has 0 saturated carbocycles. The van der Waals surface area contributed by atoms with Gasteiger partial charge in [0.15, 0.2) is 17.5 Å². The molecule has 2 rings (SSSR count). The highest BCUT2D eigenvalue weighted by molar-refractivity contribution is 5.79. The first kappa shape index (κ1) is 18.6. The third-order valence-electron chi connectivity index (χ3n) is 3.73. The average molecular weight is 341 g/mol. The first-order valence-corrected chi connectivity index (χ1v) is 8.51. The minimum atomic E-state index is -0.0241. The first-order valence-electron chi connectivity index (χ1n) is 8.51. The highest BCUT2D eigenvalue weighted by Gasteiger charge is 2.09. The van der Waals surface area contributed by atoms with Crippen LogP contribution in [0.1, 0.15) is 12.5 Å². The molecular formula is C20H27N3O2. The van der Waals surface area contributed by atoms with Crippen molar-refractivity contribution in [3.8, 4) is 11.5 Å². The van der Waals surface area contributed by atoms with E-state index in [1.165, 1.54) is 5.56 Å². The molecule has 2 aromatic carbocycles. The zero-order valence-electron chi connectivity index (χ0n) is 15.2. The number of para-hydroxylation sites is 2. The van der Waals surface area contributed by atoms with Gasteiger partial charge in [0.2, 0.25) is 0 Å². The van der Waals surface area contributed by atoms with Gasteiger partial charge in [0, 0.05) is 13.6 Å². The topological polar surface area (TPSA) is 54.9 Å². The monoisotopic (exact) mass is 341 g/mol. The fourth-order valence-electron chi connectivity index (χ4n) is 2.41. The number of guanidine groups is 1. The van der Waals surface area contributed by atoms with Crippen LogP contribution < -0.4 is 20.1 Å². The molecule has 1 unspecified atom stereocenters. The maximum absolute atomic E-state index is 5.93.